The van der Waals surface area contributed by atoms with E-state index < -0.39 is 61.4 Å². The van der Waals surface area contributed by atoms with E-state index in [1.807, 2.05) is 0 Å². The Labute approximate surface area is 140 Å². The molecular formula is C11H12F3NO8S2. The Morgan fingerprint density at radius 3 is 2.48 bits per heavy atom. The van der Waals surface area contributed by atoms with Crippen LogP contribution < -0.4 is 4.72 Å². The molecule has 25 heavy (non-hydrogen) atoms. The monoisotopic (exact) mass is 407 g/mol. The van der Waals surface area contributed by atoms with Gasteiger partial charge in [0.2, 0.25) is 0 Å². The maximum atomic E-state index is 12.1. The maximum Gasteiger partial charge on any atom is 0.516 e. The van der Waals surface area contributed by atoms with Crippen LogP contribution in [0.3, 0.4) is 0 Å². The summed E-state index contributed by atoms with van der Waals surface area (Å²) in [4.78, 5) is 23.3. The summed E-state index contributed by atoms with van der Waals surface area (Å²) in [6.45, 7) is -1.25. The van der Waals surface area contributed by atoms with Crippen molar-refractivity contribution >= 4 is 32.0 Å². The minimum atomic E-state index is -5.89. The fraction of sp³-hybridized carbons (Fsp3) is 0.818. The Kier molecular flexibility index (Phi) is 4.07. The molecule has 0 aromatic heterocycles. The average molecular weight is 407 g/mol. The predicted molar refractivity (Wildman–Crippen MR) is 71.4 cm³/mol. The van der Waals surface area contributed by atoms with Gasteiger partial charge in [0.15, 0.2) is 6.61 Å². The number of hydrogen-bond acceptors (Lipinski definition) is 8. The molecule has 14 heteroatoms. The summed E-state index contributed by atoms with van der Waals surface area (Å²) < 4.78 is 91.6. The minimum absolute atomic E-state index is 0.206. The van der Waals surface area contributed by atoms with Crippen molar-refractivity contribution in [2.75, 3.05) is 6.61 Å². The van der Waals surface area contributed by atoms with Gasteiger partial charge >= 0.3 is 21.5 Å². The maximum absolute atomic E-state index is 12.1. The molecule has 1 heterocycles. The third kappa shape index (κ3) is 2.99. The molecule has 5 atom stereocenters. The molecule has 0 aromatic carbocycles. The zero-order chi connectivity index (χ0) is 18.8. The summed E-state index contributed by atoms with van der Waals surface area (Å²) in [5, 5.41) is -0.674. The van der Waals surface area contributed by atoms with Gasteiger partial charge in [0.25, 0.3) is 16.0 Å². The highest BCUT2D eigenvalue weighted by molar-refractivity contribution is 7.90. The second kappa shape index (κ2) is 5.54. The molecule has 1 saturated heterocycles. The van der Waals surface area contributed by atoms with Crippen molar-refractivity contribution in [3.63, 3.8) is 0 Å². The summed E-state index contributed by atoms with van der Waals surface area (Å²) in [5.74, 6) is -4.32. The topological polar surface area (TPSA) is 133 Å². The van der Waals surface area contributed by atoms with Crippen LogP contribution in [-0.4, -0.2) is 52.2 Å². The van der Waals surface area contributed by atoms with E-state index in [1.54, 1.807) is 0 Å². The summed E-state index contributed by atoms with van der Waals surface area (Å²) in [6, 6.07) is 0. The number of fused-ring (bicyclic) bond motifs is 1. The lowest BCUT2D eigenvalue weighted by Crippen LogP contribution is -2.43. The number of carbonyl (C=O) groups is 2. The van der Waals surface area contributed by atoms with Crippen molar-refractivity contribution in [1.82, 2.24) is 4.72 Å². The molecule has 2 saturated carbocycles. The summed E-state index contributed by atoms with van der Waals surface area (Å²) in [7, 11) is -9.65. The number of ether oxygens (including phenoxy) is 1. The minimum Gasteiger partial charge on any atom is -0.455 e. The normalized spacial score (nSPS) is 35.6. The molecule has 2 bridgehead atoms. The van der Waals surface area contributed by atoms with E-state index in [2.05, 4.69) is 4.74 Å². The fourth-order valence-electron chi connectivity index (χ4n) is 3.73. The van der Waals surface area contributed by atoms with Crippen LogP contribution in [0, 0.1) is 17.8 Å². The Hall–Kier alpha value is -1.41. The first-order chi connectivity index (χ1) is 11.3. The Morgan fingerprint density at radius 2 is 1.88 bits per heavy atom. The van der Waals surface area contributed by atoms with Gasteiger partial charge in [-0.2, -0.15) is 30.0 Å². The molecular weight excluding hydrogens is 395 g/mol. The van der Waals surface area contributed by atoms with Crippen molar-refractivity contribution in [3.05, 3.63) is 0 Å². The molecule has 1 amide bonds. The standard InChI is InChI=1S/C11H12F3NO8S2/c12-11(13,14)25(20,21)15-7(16)3-22-10(17)8-4-1-5-6(2-4)24(18,19)23-9(5)8/h4-6,8-9H,1-3H2,(H,15,16). The molecule has 0 spiro atoms. The van der Waals surface area contributed by atoms with Crippen LogP contribution in [0.2, 0.25) is 0 Å². The van der Waals surface area contributed by atoms with Crippen LogP contribution in [-0.2, 0) is 38.7 Å². The van der Waals surface area contributed by atoms with E-state index in [0.717, 1.165) is 4.72 Å². The van der Waals surface area contributed by atoms with Crippen molar-refractivity contribution in [1.29, 1.82) is 0 Å². The lowest BCUT2D eigenvalue weighted by molar-refractivity contribution is -0.156. The van der Waals surface area contributed by atoms with Gasteiger partial charge in [0, 0.05) is 5.92 Å². The molecule has 1 N–H and O–H groups in total. The molecule has 2 aliphatic carbocycles. The number of sulfonamides is 1. The van der Waals surface area contributed by atoms with Gasteiger partial charge in [-0.1, -0.05) is 0 Å². The highest BCUT2D eigenvalue weighted by Crippen LogP contribution is 2.57. The fourth-order valence-corrected chi connectivity index (χ4v) is 6.10. The lowest BCUT2D eigenvalue weighted by Gasteiger charge is -2.22. The number of rotatable bonds is 4. The zero-order valence-corrected chi connectivity index (χ0v) is 13.9. The van der Waals surface area contributed by atoms with Crippen molar-refractivity contribution < 1.29 is 48.5 Å². The summed E-state index contributed by atoms with van der Waals surface area (Å²) in [6.07, 6.45) is -0.274. The lowest BCUT2D eigenvalue weighted by atomic mass is 9.86. The number of halogens is 3. The van der Waals surface area contributed by atoms with Gasteiger partial charge in [-0.3, -0.25) is 13.8 Å². The van der Waals surface area contributed by atoms with Gasteiger partial charge < -0.3 is 4.74 Å². The van der Waals surface area contributed by atoms with Crippen LogP contribution in [0.15, 0.2) is 0 Å². The summed E-state index contributed by atoms with van der Waals surface area (Å²) >= 11 is 0. The highest BCUT2D eigenvalue weighted by atomic mass is 32.2. The van der Waals surface area contributed by atoms with Crippen LogP contribution in [0.4, 0.5) is 13.2 Å². The Bertz CT molecular complexity index is 821. The molecule has 3 fully saturated rings. The molecule has 9 nitrogen and oxygen atoms in total. The van der Waals surface area contributed by atoms with Gasteiger partial charge in [-0.05, 0) is 18.8 Å². The van der Waals surface area contributed by atoms with E-state index in [1.165, 1.54) is 0 Å². The molecule has 3 rings (SSSR count). The number of hydrogen-bond donors (Lipinski definition) is 1. The van der Waals surface area contributed by atoms with E-state index >= 15 is 0 Å². The number of alkyl halides is 3. The number of amides is 1. The van der Waals surface area contributed by atoms with Gasteiger partial charge in [-0.25, -0.2) is 4.72 Å². The Morgan fingerprint density at radius 1 is 1.24 bits per heavy atom. The largest absolute Gasteiger partial charge is 0.516 e. The van der Waals surface area contributed by atoms with E-state index in [4.69, 9.17) is 4.18 Å². The van der Waals surface area contributed by atoms with E-state index in [0.29, 0.717) is 6.42 Å². The van der Waals surface area contributed by atoms with E-state index in [-0.39, 0.29) is 18.3 Å². The van der Waals surface area contributed by atoms with E-state index in [9.17, 15) is 39.6 Å². The van der Waals surface area contributed by atoms with Crippen molar-refractivity contribution in [2.45, 2.75) is 29.7 Å². The van der Waals surface area contributed by atoms with Crippen molar-refractivity contribution in [2.24, 2.45) is 17.8 Å². The van der Waals surface area contributed by atoms with Crippen LogP contribution in [0.1, 0.15) is 12.8 Å². The molecule has 0 radical (unpaired) electrons. The molecule has 3 aliphatic rings. The summed E-state index contributed by atoms with van der Waals surface area (Å²) in [5.41, 5.74) is -5.68. The third-order valence-electron chi connectivity index (χ3n) is 4.66. The number of nitrogens with one attached hydrogen (secondary N) is 1. The van der Waals surface area contributed by atoms with Gasteiger partial charge in [0.1, 0.15) is 0 Å². The first kappa shape index (κ1) is 18.4. The van der Waals surface area contributed by atoms with Crippen LogP contribution in [0.5, 0.6) is 0 Å². The smallest absolute Gasteiger partial charge is 0.455 e. The second-order valence-corrected chi connectivity index (χ2v) is 9.55. The highest BCUT2D eigenvalue weighted by Gasteiger charge is 2.66. The third-order valence-corrected chi connectivity index (χ3v) is 7.54. The molecule has 0 aromatic rings. The molecule has 5 unspecified atom stereocenters. The van der Waals surface area contributed by atoms with Gasteiger partial charge in [-0.15, -0.1) is 0 Å². The van der Waals surface area contributed by atoms with Gasteiger partial charge in [0.05, 0.1) is 17.3 Å². The van der Waals surface area contributed by atoms with Crippen molar-refractivity contribution in [3.8, 4) is 0 Å². The number of esters is 1. The van der Waals surface area contributed by atoms with Crippen LogP contribution in [0.25, 0.3) is 0 Å². The van der Waals surface area contributed by atoms with Crippen LogP contribution >= 0.6 is 0 Å². The molecule has 142 valence electrons. The first-order valence-corrected chi connectivity index (χ1v) is 9.99. The Balaban J connectivity index is 1.59. The number of carbonyl (C=O) groups excluding carboxylic acids is 2. The molecule has 1 aliphatic heterocycles. The zero-order valence-electron chi connectivity index (χ0n) is 12.2. The predicted octanol–water partition coefficient (Wildman–Crippen LogP) is -0.751. The first-order valence-electron chi connectivity index (χ1n) is 7.04. The quantitative estimate of drug-likeness (QED) is 0.475. The average Bonchev–Trinajstić information content (AvgIpc) is 3.04. The second-order valence-electron chi connectivity index (χ2n) is 6.10. The SMILES string of the molecule is O=C(COC(=O)C1C2CC3C1OS(=O)(=O)C3C2)NS(=O)(=O)C(F)(F)F.